The van der Waals surface area contributed by atoms with Crippen LogP contribution in [0, 0.1) is 17.8 Å². The molecule has 2 aliphatic carbocycles. The maximum Gasteiger partial charge on any atom is 0.419 e. The molecule has 1 aromatic carbocycles. The fourth-order valence-corrected chi connectivity index (χ4v) is 4.44. The van der Waals surface area contributed by atoms with Gasteiger partial charge in [-0.15, -0.1) is 0 Å². The van der Waals surface area contributed by atoms with E-state index in [0.29, 0.717) is 5.92 Å². The Hall–Kier alpha value is -1.72. The van der Waals surface area contributed by atoms with Crippen LogP contribution in [0.25, 0.3) is 0 Å². The van der Waals surface area contributed by atoms with Crippen molar-refractivity contribution in [3.05, 3.63) is 29.3 Å². The van der Waals surface area contributed by atoms with Gasteiger partial charge in [0.2, 0.25) is 0 Å². The van der Waals surface area contributed by atoms with E-state index >= 15 is 0 Å². The van der Waals surface area contributed by atoms with Crippen molar-refractivity contribution in [3.8, 4) is 5.75 Å². The lowest BCUT2D eigenvalue weighted by Crippen LogP contribution is -2.46. The molecule has 3 atom stereocenters. The maximum absolute atomic E-state index is 13.3. The molecule has 132 valence electrons. The van der Waals surface area contributed by atoms with Gasteiger partial charge in [0, 0.05) is 5.56 Å². The van der Waals surface area contributed by atoms with Crippen LogP contribution in [0.3, 0.4) is 0 Å². The zero-order chi connectivity index (χ0) is 17.7. The Balaban J connectivity index is 2.04. The average molecular weight is 341 g/mol. The summed E-state index contributed by atoms with van der Waals surface area (Å²) in [5, 5.41) is 11.0. The Kier molecular flexibility index (Phi) is 4.04. The van der Waals surface area contributed by atoms with E-state index in [4.69, 9.17) is 4.74 Å². The molecule has 3 nitrogen and oxygen atoms in total. The van der Waals surface area contributed by atoms with Crippen LogP contribution < -0.4 is 9.84 Å². The standard InChI is InChI=1S/C18H21F3O3/c1-10(2)17(9-11-3-5-13(17)7-11)24-15-8-12(16(22)23)4-6-14(15)18(19,20)21/h4,6,8,10-11,13H,3,5,7,9H2,1-2H3,(H,22,23)/p-1. The quantitative estimate of drug-likeness (QED) is 0.840. The number of ether oxygens (including phenoxy) is 1. The van der Waals surface area contributed by atoms with Gasteiger partial charge in [-0.3, -0.25) is 0 Å². The lowest BCUT2D eigenvalue weighted by molar-refractivity contribution is -0.255. The maximum atomic E-state index is 13.3. The average Bonchev–Trinajstić information content (AvgIpc) is 3.07. The van der Waals surface area contributed by atoms with E-state index in [1.165, 1.54) is 0 Å². The van der Waals surface area contributed by atoms with Gasteiger partial charge < -0.3 is 14.6 Å². The van der Waals surface area contributed by atoms with E-state index in [1.807, 2.05) is 13.8 Å². The number of carbonyl (C=O) groups is 1. The first-order valence-corrected chi connectivity index (χ1v) is 8.25. The summed E-state index contributed by atoms with van der Waals surface area (Å²) in [5.74, 6) is -1.17. The van der Waals surface area contributed by atoms with Gasteiger partial charge in [0.15, 0.2) is 0 Å². The van der Waals surface area contributed by atoms with Gasteiger partial charge in [-0.05, 0) is 55.6 Å². The Morgan fingerprint density at radius 2 is 2.04 bits per heavy atom. The second-order valence-corrected chi connectivity index (χ2v) is 7.29. The summed E-state index contributed by atoms with van der Waals surface area (Å²) < 4.78 is 46.0. The van der Waals surface area contributed by atoms with Crippen molar-refractivity contribution < 1.29 is 27.8 Å². The summed E-state index contributed by atoms with van der Waals surface area (Å²) in [6.45, 7) is 3.91. The van der Waals surface area contributed by atoms with Crippen LogP contribution in [-0.2, 0) is 6.18 Å². The van der Waals surface area contributed by atoms with Crippen molar-refractivity contribution in [2.75, 3.05) is 0 Å². The van der Waals surface area contributed by atoms with Crippen LogP contribution in [-0.4, -0.2) is 11.6 Å². The summed E-state index contributed by atoms with van der Waals surface area (Å²) in [7, 11) is 0. The van der Waals surface area contributed by atoms with Crippen molar-refractivity contribution >= 4 is 5.97 Å². The summed E-state index contributed by atoms with van der Waals surface area (Å²) in [5.41, 5.74) is -1.90. The molecule has 0 N–H and O–H groups in total. The lowest BCUT2D eigenvalue weighted by Gasteiger charge is -2.42. The number of benzene rings is 1. The number of hydrogen-bond donors (Lipinski definition) is 0. The highest BCUT2D eigenvalue weighted by Crippen LogP contribution is 2.56. The first-order chi connectivity index (χ1) is 11.1. The van der Waals surface area contributed by atoms with Crippen molar-refractivity contribution in [1.29, 1.82) is 0 Å². The first kappa shape index (κ1) is 17.1. The van der Waals surface area contributed by atoms with E-state index in [2.05, 4.69) is 0 Å². The van der Waals surface area contributed by atoms with Crippen LogP contribution >= 0.6 is 0 Å². The lowest BCUT2D eigenvalue weighted by atomic mass is 9.76. The summed E-state index contributed by atoms with van der Waals surface area (Å²) in [6.07, 6.45) is -0.866. The van der Waals surface area contributed by atoms with Gasteiger partial charge >= 0.3 is 6.18 Å². The van der Waals surface area contributed by atoms with Crippen molar-refractivity contribution in [2.45, 2.75) is 51.3 Å². The molecule has 0 heterocycles. The van der Waals surface area contributed by atoms with Gasteiger partial charge in [0.05, 0.1) is 11.5 Å². The Morgan fingerprint density at radius 3 is 2.50 bits per heavy atom. The molecule has 1 aromatic rings. The number of hydrogen-bond acceptors (Lipinski definition) is 3. The SMILES string of the molecule is CC(C)C1(Oc2cc(C(=O)[O-])ccc2C(F)(F)F)CC2CCC1C2. The molecule has 6 heteroatoms. The van der Waals surface area contributed by atoms with E-state index < -0.39 is 29.1 Å². The highest BCUT2D eigenvalue weighted by atomic mass is 19.4. The number of carboxylic acid groups (broad SMARTS) is 1. The molecule has 0 aromatic heterocycles. The Labute approximate surface area is 138 Å². The molecule has 0 spiro atoms. The first-order valence-electron chi connectivity index (χ1n) is 8.25. The van der Waals surface area contributed by atoms with E-state index in [9.17, 15) is 23.1 Å². The summed E-state index contributed by atoms with van der Waals surface area (Å²) >= 11 is 0. The second kappa shape index (κ2) is 5.67. The van der Waals surface area contributed by atoms with E-state index in [-0.39, 0.29) is 17.4 Å². The van der Waals surface area contributed by atoms with Gasteiger partial charge in [-0.2, -0.15) is 13.2 Å². The number of carboxylic acids is 1. The smallest absolute Gasteiger partial charge is 0.419 e. The molecule has 24 heavy (non-hydrogen) atoms. The number of rotatable bonds is 4. The van der Waals surface area contributed by atoms with Gasteiger partial charge in [0.25, 0.3) is 0 Å². The topological polar surface area (TPSA) is 49.4 Å². The van der Waals surface area contributed by atoms with Crippen LogP contribution in [0.5, 0.6) is 5.75 Å². The molecular weight excluding hydrogens is 321 g/mol. The molecule has 2 fully saturated rings. The third-order valence-electron chi connectivity index (χ3n) is 5.64. The van der Waals surface area contributed by atoms with E-state index in [0.717, 1.165) is 43.9 Å². The van der Waals surface area contributed by atoms with Gasteiger partial charge in [0.1, 0.15) is 11.4 Å². The third-order valence-corrected chi connectivity index (χ3v) is 5.64. The predicted molar refractivity (Wildman–Crippen MR) is 79.4 cm³/mol. The summed E-state index contributed by atoms with van der Waals surface area (Å²) in [6, 6.07) is 2.63. The fourth-order valence-electron chi connectivity index (χ4n) is 4.44. The number of halogens is 3. The molecule has 0 amide bonds. The molecular formula is C18H20F3O3-. The number of aromatic carboxylic acids is 1. The molecule has 3 rings (SSSR count). The van der Waals surface area contributed by atoms with Gasteiger partial charge in [-0.1, -0.05) is 19.9 Å². The van der Waals surface area contributed by atoms with Crippen LogP contribution in [0.15, 0.2) is 18.2 Å². The Bertz CT molecular complexity index is 653. The fraction of sp³-hybridized carbons (Fsp3) is 0.611. The van der Waals surface area contributed by atoms with E-state index in [1.54, 1.807) is 0 Å². The molecule has 0 saturated heterocycles. The van der Waals surface area contributed by atoms with Gasteiger partial charge in [-0.25, -0.2) is 0 Å². The molecule has 0 aliphatic heterocycles. The zero-order valence-corrected chi connectivity index (χ0v) is 13.7. The van der Waals surface area contributed by atoms with Crippen molar-refractivity contribution in [3.63, 3.8) is 0 Å². The van der Waals surface area contributed by atoms with Crippen LogP contribution in [0.2, 0.25) is 0 Å². The zero-order valence-electron chi connectivity index (χ0n) is 13.7. The second-order valence-electron chi connectivity index (χ2n) is 7.29. The third kappa shape index (κ3) is 2.76. The molecule has 0 radical (unpaired) electrons. The molecule has 2 aliphatic rings. The molecule has 3 unspecified atom stereocenters. The minimum atomic E-state index is -4.60. The highest BCUT2D eigenvalue weighted by Gasteiger charge is 2.55. The highest BCUT2D eigenvalue weighted by molar-refractivity contribution is 5.86. The number of carbonyl (C=O) groups excluding carboxylic acids is 1. The van der Waals surface area contributed by atoms with Crippen molar-refractivity contribution in [1.82, 2.24) is 0 Å². The minimum Gasteiger partial charge on any atom is -0.545 e. The largest absolute Gasteiger partial charge is 0.545 e. The Morgan fingerprint density at radius 1 is 1.33 bits per heavy atom. The van der Waals surface area contributed by atoms with Crippen LogP contribution in [0.4, 0.5) is 13.2 Å². The van der Waals surface area contributed by atoms with Crippen molar-refractivity contribution in [2.24, 2.45) is 17.8 Å². The molecule has 2 saturated carbocycles. The number of alkyl halides is 3. The summed E-state index contributed by atoms with van der Waals surface area (Å²) in [4.78, 5) is 11.0. The predicted octanol–water partition coefficient (Wildman–Crippen LogP) is 3.66. The van der Waals surface area contributed by atoms with Crippen LogP contribution in [0.1, 0.15) is 55.5 Å². The molecule has 2 bridgehead atoms. The number of fused-ring (bicyclic) bond motifs is 2. The minimum absolute atomic E-state index is 0.0421. The normalized spacial score (nSPS) is 29.2. The monoisotopic (exact) mass is 341 g/mol.